The molecule has 9 heteroatoms. The van der Waals surface area contributed by atoms with E-state index in [-0.39, 0.29) is 30.8 Å². The van der Waals surface area contributed by atoms with Crippen molar-refractivity contribution in [3.05, 3.63) is 41.4 Å². The number of thiazole rings is 1. The number of para-hydroxylation sites is 1. The Bertz CT molecular complexity index is 823. The Hall–Kier alpha value is -2.94. The normalized spacial score (nSPS) is 11.6. The highest BCUT2D eigenvalue weighted by Gasteiger charge is 2.25. The van der Waals surface area contributed by atoms with Crippen molar-refractivity contribution in [1.29, 1.82) is 0 Å². The summed E-state index contributed by atoms with van der Waals surface area (Å²) in [5.41, 5.74) is 0.519. The van der Waals surface area contributed by atoms with Gasteiger partial charge < -0.3 is 20.1 Å². The molecule has 0 aliphatic heterocycles. The summed E-state index contributed by atoms with van der Waals surface area (Å²) in [5.74, 6) is -0.726. The van der Waals surface area contributed by atoms with Gasteiger partial charge in [0.2, 0.25) is 5.91 Å². The van der Waals surface area contributed by atoms with Crippen LogP contribution < -0.4 is 15.4 Å². The molecule has 0 aliphatic rings. The van der Waals surface area contributed by atoms with Crippen LogP contribution in [0.15, 0.2) is 35.7 Å². The fourth-order valence-corrected chi connectivity index (χ4v) is 3.12. The number of rotatable bonds is 10. The van der Waals surface area contributed by atoms with Crippen molar-refractivity contribution in [2.75, 3.05) is 18.5 Å². The Labute approximate surface area is 173 Å². The van der Waals surface area contributed by atoms with Crippen molar-refractivity contribution in [3.63, 3.8) is 0 Å². The SMILES string of the molecule is CCOC(=O)Cc1csc(NC(=O)C(NC(=O)COc2ccccc2)C(C)C)n1. The summed E-state index contributed by atoms with van der Waals surface area (Å²) in [6, 6.07) is 8.21. The van der Waals surface area contributed by atoms with Crippen molar-refractivity contribution < 1.29 is 23.9 Å². The third-order valence-electron chi connectivity index (χ3n) is 3.79. The molecule has 0 saturated carbocycles. The quantitative estimate of drug-likeness (QED) is 0.573. The molecular weight excluding hydrogens is 394 g/mol. The molecule has 1 heterocycles. The summed E-state index contributed by atoms with van der Waals surface area (Å²) >= 11 is 1.21. The Kier molecular flexibility index (Phi) is 8.60. The zero-order chi connectivity index (χ0) is 21.2. The second kappa shape index (κ2) is 11.2. The molecule has 2 rings (SSSR count). The van der Waals surface area contributed by atoms with E-state index in [2.05, 4.69) is 15.6 Å². The smallest absolute Gasteiger partial charge is 0.311 e. The van der Waals surface area contributed by atoms with Crippen LogP contribution in [0.25, 0.3) is 0 Å². The van der Waals surface area contributed by atoms with E-state index in [0.29, 0.717) is 23.2 Å². The summed E-state index contributed by atoms with van der Waals surface area (Å²) < 4.78 is 10.3. The molecule has 2 aromatic rings. The first-order valence-electron chi connectivity index (χ1n) is 9.27. The lowest BCUT2D eigenvalue weighted by atomic mass is 10.0. The molecule has 1 unspecified atom stereocenters. The minimum atomic E-state index is -0.751. The minimum absolute atomic E-state index is 0.0430. The highest BCUT2D eigenvalue weighted by atomic mass is 32.1. The van der Waals surface area contributed by atoms with E-state index in [1.165, 1.54) is 11.3 Å². The second-order valence-corrected chi connectivity index (χ2v) is 7.36. The standard InChI is InChI=1S/C20H25N3O5S/c1-4-27-17(25)10-14-12-29-20(21-14)23-19(26)18(13(2)3)22-16(24)11-28-15-8-6-5-7-9-15/h5-9,12-13,18H,4,10-11H2,1-3H3,(H,22,24)(H,21,23,26). The topological polar surface area (TPSA) is 107 Å². The van der Waals surface area contributed by atoms with Crippen molar-refractivity contribution in [2.24, 2.45) is 5.92 Å². The van der Waals surface area contributed by atoms with Crippen molar-refractivity contribution >= 4 is 34.3 Å². The first-order chi connectivity index (χ1) is 13.9. The van der Waals surface area contributed by atoms with Crippen LogP contribution in [0.2, 0.25) is 0 Å². The van der Waals surface area contributed by atoms with Gasteiger partial charge in [0.1, 0.15) is 11.8 Å². The first-order valence-corrected chi connectivity index (χ1v) is 10.1. The largest absolute Gasteiger partial charge is 0.484 e. The van der Waals surface area contributed by atoms with Gasteiger partial charge in [0.25, 0.3) is 5.91 Å². The van der Waals surface area contributed by atoms with Crippen LogP contribution in [0.3, 0.4) is 0 Å². The molecule has 8 nitrogen and oxygen atoms in total. The Morgan fingerprint density at radius 3 is 2.55 bits per heavy atom. The number of carbonyl (C=O) groups excluding carboxylic acids is 3. The van der Waals surface area contributed by atoms with E-state index >= 15 is 0 Å². The Balaban J connectivity index is 1.89. The fraction of sp³-hybridized carbons (Fsp3) is 0.400. The molecule has 1 aromatic heterocycles. The molecule has 2 N–H and O–H groups in total. The highest BCUT2D eigenvalue weighted by molar-refractivity contribution is 7.13. The summed E-state index contributed by atoms with van der Waals surface area (Å²) in [7, 11) is 0. The number of amides is 2. The maximum atomic E-state index is 12.6. The fourth-order valence-electron chi connectivity index (χ4n) is 2.40. The van der Waals surface area contributed by atoms with Gasteiger partial charge in [-0.25, -0.2) is 4.98 Å². The number of hydrogen-bond donors (Lipinski definition) is 2. The van der Waals surface area contributed by atoms with E-state index in [4.69, 9.17) is 9.47 Å². The molecule has 0 radical (unpaired) electrons. The predicted octanol–water partition coefficient (Wildman–Crippen LogP) is 2.41. The van der Waals surface area contributed by atoms with Crippen LogP contribution in [0, 0.1) is 5.92 Å². The molecule has 2 amide bonds. The Morgan fingerprint density at radius 1 is 1.17 bits per heavy atom. The lowest BCUT2D eigenvalue weighted by molar-refractivity contribution is -0.142. The van der Waals surface area contributed by atoms with Gasteiger partial charge >= 0.3 is 5.97 Å². The maximum Gasteiger partial charge on any atom is 0.311 e. The molecule has 1 aromatic carbocycles. The van der Waals surface area contributed by atoms with Gasteiger partial charge in [-0.05, 0) is 25.0 Å². The van der Waals surface area contributed by atoms with Crippen molar-refractivity contribution in [3.8, 4) is 5.75 Å². The van der Waals surface area contributed by atoms with E-state index in [1.54, 1.807) is 24.4 Å². The summed E-state index contributed by atoms with van der Waals surface area (Å²) in [4.78, 5) is 40.5. The molecule has 1 atom stereocenters. The number of hydrogen-bond acceptors (Lipinski definition) is 7. The Morgan fingerprint density at radius 2 is 1.90 bits per heavy atom. The highest BCUT2D eigenvalue weighted by Crippen LogP contribution is 2.17. The zero-order valence-electron chi connectivity index (χ0n) is 16.6. The summed E-state index contributed by atoms with van der Waals surface area (Å²) in [6.07, 6.45) is 0.0430. The predicted molar refractivity (Wildman–Crippen MR) is 110 cm³/mol. The van der Waals surface area contributed by atoms with Gasteiger partial charge in [-0.15, -0.1) is 11.3 Å². The average molecular weight is 420 g/mol. The van der Waals surface area contributed by atoms with Gasteiger partial charge in [-0.2, -0.15) is 0 Å². The average Bonchev–Trinajstić information content (AvgIpc) is 3.11. The van der Waals surface area contributed by atoms with Gasteiger partial charge in [-0.3, -0.25) is 14.4 Å². The number of nitrogens with one attached hydrogen (secondary N) is 2. The lowest BCUT2D eigenvalue weighted by Crippen LogP contribution is -2.48. The molecule has 156 valence electrons. The zero-order valence-corrected chi connectivity index (χ0v) is 17.5. The molecule has 29 heavy (non-hydrogen) atoms. The van der Waals surface area contributed by atoms with Gasteiger partial charge in [0.15, 0.2) is 11.7 Å². The molecule has 0 aliphatic carbocycles. The summed E-state index contributed by atoms with van der Waals surface area (Å²) in [5, 5.41) is 7.42. The van der Waals surface area contributed by atoms with Crippen LogP contribution >= 0.6 is 11.3 Å². The molecule has 0 spiro atoms. The third-order valence-corrected chi connectivity index (χ3v) is 4.60. The number of anilines is 1. The van der Waals surface area contributed by atoms with E-state index in [9.17, 15) is 14.4 Å². The van der Waals surface area contributed by atoms with Crippen LogP contribution in [0.1, 0.15) is 26.5 Å². The van der Waals surface area contributed by atoms with Crippen molar-refractivity contribution in [2.45, 2.75) is 33.2 Å². The number of carbonyl (C=O) groups is 3. The van der Waals surface area contributed by atoms with Crippen molar-refractivity contribution in [1.82, 2.24) is 10.3 Å². The lowest BCUT2D eigenvalue weighted by Gasteiger charge is -2.21. The van der Waals surface area contributed by atoms with Gasteiger partial charge in [0.05, 0.1) is 18.7 Å². The number of esters is 1. The number of ether oxygens (including phenoxy) is 2. The second-order valence-electron chi connectivity index (χ2n) is 6.51. The molecule has 0 fully saturated rings. The van der Waals surface area contributed by atoms with E-state index in [1.807, 2.05) is 32.0 Å². The molecule has 0 saturated heterocycles. The summed E-state index contributed by atoms with van der Waals surface area (Å²) in [6.45, 7) is 5.50. The van der Waals surface area contributed by atoms with Gasteiger partial charge in [-0.1, -0.05) is 32.0 Å². The first kappa shape index (κ1) is 22.4. The monoisotopic (exact) mass is 419 g/mol. The number of nitrogens with zero attached hydrogens (tertiary/aromatic N) is 1. The van der Waals surface area contributed by atoms with Crippen LogP contribution in [0.4, 0.5) is 5.13 Å². The molecule has 0 bridgehead atoms. The van der Waals surface area contributed by atoms with E-state index in [0.717, 1.165) is 0 Å². The number of benzene rings is 1. The third kappa shape index (κ3) is 7.53. The minimum Gasteiger partial charge on any atom is -0.484 e. The van der Waals surface area contributed by atoms with Crippen LogP contribution in [-0.4, -0.2) is 42.0 Å². The number of aromatic nitrogens is 1. The van der Waals surface area contributed by atoms with Gasteiger partial charge in [0, 0.05) is 5.38 Å². The maximum absolute atomic E-state index is 12.6. The van der Waals surface area contributed by atoms with Crippen LogP contribution in [-0.2, 0) is 25.5 Å². The van der Waals surface area contributed by atoms with E-state index < -0.39 is 11.9 Å². The van der Waals surface area contributed by atoms with Crippen LogP contribution in [0.5, 0.6) is 5.75 Å². The molecular formula is C20H25N3O5S.